The van der Waals surface area contributed by atoms with Gasteiger partial charge in [0.15, 0.2) is 0 Å². The highest BCUT2D eigenvalue weighted by atomic mass is 15.2. The smallest absolute Gasteiger partial charge is 0.131 e. The molecule has 1 aliphatic heterocycles. The lowest BCUT2D eigenvalue weighted by molar-refractivity contribution is 0.158. The molecule has 0 aliphatic carbocycles. The van der Waals surface area contributed by atoms with Gasteiger partial charge in [-0.2, -0.15) is 0 Å². The highest BCUT2D eigenvalue weighted by Crippen LogP contribution is 2.07. The van der Waals surface area contributed by atoms with Gasteiger partial charge < -0.3 is 15.5 Å². The molecule has 1 fully saturated rings. The van der Waals surface area contributed by atoms with Crippen LogP contribution in [0.4, 0.5) is 11.6 Å². The van der Waals surface area contributed by atoms with Gasteiger partial charge in [-0.3, -0.25) is 4.90 Å². The van der Waals surface area contributed by atoms with Gasteiger partial charge in [-0.05, 0) is 7.05 Å². The van der Waals surface area contributed by atoms with Crippen LogP contribution in [-0.2, 0) is 0 Å². The predicted octanol–water partition coefficient (Wildman–Crippen LogP) is 0.178. The molecule has 0 amide bonds. The average molecular weight is 250 g/mol. The Morgan fingerprint density at radius 2 is 1.89 bits per heavy atom. The zero-order chi connectivity index (χ0) is 12.8. The summed E-state index contributed by atoms with van der Waals surface area (Å²) in [4.78, 5) is 13.1. The van der Waals surface area contributed by atoms with Crippen molar-refractivity contribution in [3.05, 3.63) is 12.4 Å². The van der Waals surface area contributed by atoms with Gasteiger partial charge >= 0.3 is 0 Å². The van der Waals surface area contributed by atoms with E-state index in [1.807, 2.05) is 13.1 Å². The fourth-order valence-corrected chi connectivity index (χ4v) is 2.00. The minimum atomic E-state index is 0.840. The van der Waals surface area contributed by atoms with Crippen molar-refractivity contribution in [3.8, 4) is 0 Å². The van der Waals surface area contributed by atoms with Gasteiger partial charge in [0.1, 0.15) is 18.0 Å². The van der Waals surface area contributed by atoms with Crippen LogP contribution in [0.1, 0.15) is 0 Å². The second-order valence-electron chi connectivity index (χ2n) is 4.61. The average Bonchev–Trinajstić information content (AvgIpc) is 2.41. The number of nitrogens with zero attached hydrogens (tertiary/aromatic N) is 4. The first kappa shape index (κ1) is 13.0. The molecule has 1 saturated heterocycles. The van der Waals surface area contributed by atoms with Crippen LogP contribution in [0, 0.1) is 0 Å². The first-order valence-electron chi connectivity index (χ1n) is 6.42. The standard InChI is InChI=1S/C12H22N6/c1-13-11-9-12(16-10-15-11)14-3-4-18-7-5-17(2)6-8-18/h9-10H,3-8H2,1-2H3,(H2,13,14,15,16). The monoisotopic (exact) mass is 250 g/mol. The number of hydrogen-bond donors (Lipinski definition) is 2. The molecule has 0 aromatic carbocycles. The summed E-state index contributed by atoms with van der Waals surface area (Å²) in [6, 6.07) is 1.92. The minimum Gasteiger partial charge on any atom is -0.373 e. The van der Waals surface area contributed by atoms with Gasteiger partial charge in [-0.15, -0.1) is 0 Å². The Morgan fingerprint density at radius 1 is 1.17 bits per heavy atom. The van der Waals surface area contributed by atoms with E-state index < -0.39 is 0 Å². The minimum absolute atomic E-state index is 0.840. The summed E-state index contributed by atoms with van der Waals surface area (Å²) in [7, 11) is 4.03. The van der Waals surface area contributed by atoms with Crippen molar-refractivity contribution < 1.29 is 0 Å². The van der Waals surface area contributed by atoms with Crippen molar-refractivity contribution in [2.75, 3.05) is 64.0 Å². The molecule has 2 rings (SSSR count). The molecular weight excluding hydrogens is 228 g/mol. The number of piperazine rings is 1. The zero-order valence-corrected chi connectivity index (χ0v) is 11.2. The van der Waals surface area contributed by atoms with E-state index in [4.69, 9.17) is 0 Å². The van der Waals surface area contributed by atoms with Crippen molar-refractivity contribution in [3.63, 3.8) is 0 Å². The van der Waals surface area contributed by atoms with Crippen molar-refractivity contribution >= 4 is 11.6 Å². The topological polar surface area (TPSA) is 56.3 Å². The molecule has 0 radical (unpaired) electrons. The quantitative estimate of drug-likeness (QED) is 0.777. The van der Waals surface area contributed by atoms with Crippen molar-refractivity contribution in [1.29, 1.82) is 0 Å². The van der Waals surface area contributed by atoms with Crippen LogP contribution in [-0.4, -0.2) is 73.1 Å². The number of aromatic nitrogens is 2. The largest absolute Gasteiger partial charge is 0.373 e. The SMILES string of the molecule is CNc1cc(NCCN2CCN(C)CC2)ncn1. The molecule has 1 aromatic rings. The molecule has 0 atom stereocenters. The van der Waals surface area contributed by atoms with E-state index in [0.29, 0.717) is 0 Å². The second-order valence-corrected chi connectivity index (χ2v) is 4.61. The van der Waals surface area contributed by atoms with Gasteiger partial charge in [-0.1, -0.05) is 0 Å². The van der Waals surface area contributed by atoms with E-state index in [2.05, 4.69) is 37.4 Å². The maximum atomic E-state index is 4.19. The summed E-state index contributed by atoms with van der Waals surface area (Å²) in [6.07, 6.45) is 1.57. The highest BCUT2D eigenvalue weighted by molar-refractivity contribution is 5.45. The molecule has 2 N–H and O–H groups in total. The van der Waals surface area contributed by atoms with Crippen LogP contribution in [0.3, 0.4) is 0 Å². The summed E-state index contributed by atoms with van der Waals surface area (Å²) in [6.45, 7) is 6.62. The number of anilines is 2. The third kappa shape index (κ3) is 3.82. The zero-order valence-electron chi connectivity index (χ0n) is 11.2. The summed E-state index contributed by atoms with van der Waals surface area (Å²) in [5.41, 5.74) is 0. The molecule has 18 heavy (non-hydrogen) atoms. The summed E-state index contributed by atoms with van der Waals surface area (Å²) in [5, 5.41) is 6.34. The summed E-state index contributed by atoms with van der Waals surface area (Å²) >= 11 is 0. The Morgan fingerprint density at radius 3 is 2.61 bits per heavy atom. The molecule has 0 unspecified atom stereocenters. The van der Waals surface area contributed by atoms with E-state index in [0.717, 1.165) is 50.9 Å². The summed E-state index contributed by atoms with van der Waals surface area (Å²) < 4.78 is 0. The molecule has 0 spiro atoms. The van der Waals surface area contributed by atoms with Crippen LogP contribution in [0.2, 0.25) is 0 Å². The van der Waals surface area contributed by atoms with Crippen LogP contribution < -0.4 is 10.6 Å². The fraction of sp³-hybridized carbons (Fsp3) is 0.667. The van der Waals surface area contributed by atoms with E-state index >= 15 is 0 Å². The van der Waals surface area contributed by atoms with E-state index in [1.165, 1.54) is 0 Å². The number of hydrogen-bond acceptors (Lipinski definition) is 6. The highest BCUT2D eigenvalue weighted by Gasteiger charge is 2.12. The maximum Gasteiger partial charge on any atom is 0.131 e. The Bertz CT molecular complexity index is 361. The maximum absolute atomic E-state index is 4.19. The van der Waals surface area contributed by atoms with E-state index in [-0.39, 0.29) is 0 Å². The molecule has 6 heteroatoms. The molecule has 2 heterocycles. The van der Waals surface area contributed by atoms with Crippen molar-refractivity contribution in [2.24, 2.45) is 0 Å². The normalized spacial score (nSPS) is 17.7. The summed E-state index contributed by atoms with van der Waals surface area (Å²) in [5.74, 6) is 1.72. The third-order valence-electron chi connectivity index (χ3n) is 3.25. The first-order chi connectivity index (χ1) is 8.78. The Balaban J connectivity index is 1.71. The fourth-order valence-electron chi connectivity index (χ4n) is 2.00. The lowest BCUT2D eigenvalue weighted by atomic mass is 10.3. The van der Waals surface area contributed by atoms with Gasteiger partial charge in [0, 0.05) is 52.4 Å². The molecular formula is C12H22N6. The van der Waals surface area contributed by atoms with Crippen LogP contribution >= 0.6 is 0 Å². The lowest BCUT2D eigenvalue weighted by Gasteiger charge is -2.32. The molecule has 100 valence electrons. The first-order valence-corrected chi connectivity index (χ1v) is 6.42. The van der Waals surface area contributed by atoms with Gasteiger partial charge in [0.05, 0.1) is 0 Å². The number of nitrogens with one attached hydrogen (secondary N) is 2. The Kier molecular flexibility index (Phi) is 4.72. The lowest BCUT2D eigenvalue weighted by Crippen LogP contribution is -2.45. The number of rotatable bonds is 5. The van der Waals surface area contributed by atoms with E-state index in [1.54, 1.807) is 6.33 Å². The molecule has 0 saturated carbocycles. The number of likely N-dealkylation sites (N-methyl/N-ethyl adjacent to an activating group) is 1. The van der Waals surface area contributed by atoms with Crippen molar-refractivity contribution in [2.45, 2.75) is 0 Å². The second kappa shape index (κ2) is 6.51. The van der Waals surface area contributed by atoms with Gasteiger partial charge in [0.2, 0.25) is 0 Å². The van der Waals surface area contributed by atoms with Crippen molar-refractivity contribution in [1.82, 2.24) is 19.8 Å². The van der Waals surface area contributed by atoms with Gasteiger partial charge in [0.25, 0.3) is 0 Å². The molecule has 6 nitrogen and oxygen atoms in total. The van der Waals surface area contributed by atoms with Crippen LogP contribution in [0.15, 0.2) is 12.4 Å². The van der Waals surface area contributed by atoms with E-state index in [9.17, 15) is 0 Å². The van der Waals surface area contributed by atoms with Gasteiger partial charge in [-0.25, -0.2) is 9.97 Å². The molecule has 1 aromatic heterocycles. The molecule has 1 aliphatic rings. The Labute approximate surface area is 108 Å². The third-order valence-corrected chi connectivity index (χ3v) is 3.25. The predicted molar refractivity (Wildman–Crippen MR) is 74.0 cm³/mol. The van der Waals surface area contributed by atoms with Crippen LogP contribution in [0.5, 0.6) is 0 Å². The van der Waals surface area contributed by atoms with Crippen LogP contribution in [0.25, 0.3) is 0 Å². The Hall–Kier alpha value is -1.40. The molecule has 0 bridgehead atoms.